The van der Waals surface area contributed by atoms with Crippen LogP contribution in [0.25, 0.3) is 6.08 Å². The van der Waals surface area contributed by atoms with Gasteiger partial charge < -0.3 is 29.6 Å². The van der Waals surface area contributed by atoms with Crippen LogP contribution in [0.3, 0.4) is 0 Å². The number of carbonyl (C=O) groups is 3. The Morgan fingerprint density at radius 3 is 2.59 bits per heavy atom. The van der Waals surface area contributed by atoms with E-state index in [-0.39, 0.29) is 48.9 Å². The number of aliphatic hydroxyl groups is 1. The molecule has 3 N–H and O–H groups in total. The van der Waals surface area contributed by atoms with Gasteiger partial charge in [-0.3, -0.25) is 23.7 Å². The highest BCUT2D eigenvalue weighted by atomic mass is 32.1. The van der Waals surface area contributed by atoms with Crippen molar-refractivity contribution < 1.29 is 43.2 Å². The van der Waals surface area contributed by atoms with E-state index in [9.17, 15) is 18.9 Å². The van der Waals surface area contributed by atoms with Gasteiger partial charge in [0, 0.05) is 43.1 Å². The maximum Gasteiger partial charge on any atom is 0.469 e. The SMILES string of the molecule is Cc1sc(/C=C/C(=O)N2O[C@H](CC(C)C)C(=O)N3[C@@H]2CN([C@@H]2CCN(CCCCOP(=O)(O)O)C2)C(=O)[C@@H]3CC(C)(C)C)nc1C#CCCCO. The van der Waals surface area contributed by atoms with Crippen LogP contribution in [0, 0.1) is 30.1 Å². The standard InChI is InChI=1S/C35H54N5O9PS/c1-24(2)20-29-34(44)39-28(21-35(4,5)6)33(43)38(26-15-17-37(22-26)16-9-11-19-48-50(45,46)47)23-31(39)40(49-29)32(42)14-13-30-36-27(25(3)51-30)12-8-7-10-18-41/h13-14,24,26,28-29,31,41H,7,9-11,15-23H2,1-6H3,(H2,45,46,47)/b14-13+/t26-,28+,29-,31+/m1/s1. The number of fused-ring (bicyclic) bond motifs is 1. The molecule has 3 saturated heterocycles. The number of hydroxylamine groups is 2. The summed E-state index contributed by atoms with van der Waals surface area (Å²) in [5, 5.41) is 10.9. The van der Waals surface area contributed by atoms with Gasteiger partial charge in [0.05, 0.1) is 13.2 Å². The highest BCUT2D eigenvalue weighted by Gasteiger charge is 2.54. The van der Waals surface area contributed by atoms with Gasteiger partial charge >= 0.3 is 7.82 Å². The van der Waals surface area contributed by atoms with E-state index in [0.29, 0.717) is 68.7 Å². The number of phosphoric acid groups is 1. The fraction of sp³-hybridized carbons (Fsp3) is 0.714. The fourth-order valence-corrected chi connectivity index (χ4v) is 7.82. The van der Waals surface area contributed by atoms with E-state index in [0.717, 1.165) is 11.4 Å². The van der Waals surface area contributed by atoms with Gasteiger partial charge in [-0.1, -0.05) is 40.5 Å². The molecule has 4 rings (SSSR count). The zero-order valence-electron chi connectivity index (χ0n) is 30.6. The Morgan fingerprint density at radius 1 is 1.18 bits per heavy atom. The Bertz CT molecular complexity index is 1530. The smallest absolute Gasteiger partial charge is 0.396 e. The molecule has 0 bridgehead atoms. The number of piperazine rings is 1. The number of carbonyl (C=O) groups excluding carboxylic acids is 3. The molecular weight excluding hydrogens is 697 g/mol. The summed E-state index contributed by atoms with van der Waals surface area (Å²) in [4.78, 5) is 77.8. The van der Waals surface area contributed by atoms with Gasteiger partial charge in [-0.25, -0.2) is 9.55 Å². The van der Waals surface area contributed by atoms with E-state index in [2.05, 4.69) is 26.2 Å². The van der Waals surface area contributed by atoms with Crippen molar-refractivity contribution in [1.29, 1.82) is 0 Å². The van der Waals surface area contributed by atoms with Crippen LogP contribution in [0.2, 0.25) is 0 Å². The molecule has 16 heteroatoms. The minimum absolute atomic E-state index is 0.0366. The molecule has 51 heavy (non-hydrogen) atoms. The molecule has 4 heterocycles. The highest BCUT2D eigenvalue weighted by molar-refractivity contribution is 7.46. The Balaban J connectivity index is 1.57. The molecule has 1 aromatic heterocycles. The molecule has 1 aromatic rings. The number of hydrogen-bond acceptors (Lipinski definition) is 10. The molecule has 284 valence electrons. The predicted octanol–water partition coefficient (Wildman–Crippen LogP) is 3.54. The Morgan fingerprint density at radius 2 is 1.92 bits per heavy atom. The summed E-state index contributed by atoms with van der Waals surface area (Å²) in [6, 6.07) is -0.916. The van der Waals surface area contributed by atoms with Gasteiger partial charge in [-0.15, -0.1) is 11.3 Å². The lowest BCUT2D eigenvalue weighted by Gasteiger charge is -2.54. The average Bonchev–Trinajstić information content (AvgIpc) is 3.65. The van der Waals surface area contributed by atoms with Gasteiger partial charge in [-0.2, -0.15) is 5.06 Å². The zero-order chi connectivity index (χ0) is 37.5. The van der Waals surface area contributed by atoms with Crippen LogP contribution in [-0.2, 0) is 28.3 Å². The van der Waals surface area contributed by atoms with E-state index < -0.39 is 32.0 Å². The second-order valence-electron chi connectivity index (χ2n) is 15.1. The quantitative estimate of drug-likeness (QED) is 0.110. The average molecular weight is 752 g/mol. The molecule has 0 aromatic carbocycles. The Kier molecular flexibility index (Phi) is 14.4. The second kappa shape index (κ2) is 17.9. The van der Waals surface area contributed by atoms with Crippen molar-refractivity contribution in [2.75, 3.05) is 39.4 Å². The van der Waals surface area contributed by atoms with Crippen LogP contribution >= 0.6 is 19.2 Å². The van der Waals surface area contributed by atoms with E-state index in [4.69, 9.17) is 19.7 Å². The molecule has 0 saturated carbocycles. The number of aryl methyl sites for hydroxylation is 1. The molecule has 3 fully saturated rings. The number of unbranched alkanes of at least 4 members (excludes halogenated alkanes) is 2. The Hall–Kier alpha value is -2.67. The van der Waals surface area contributed by atoms with Crippen molar-refractivity contribution in [2.24, 2.45) is 11.3 Å². The lowest BCUT2D eigenvalue weighted by Crippen LogP contribution is -2.74. The summed E-state index contributed by atoms with van der Waals surface area (Å²) < 4.78 is 15.5. The van der Waals surface area contributed by atoms with Crippen LogP contribution in [0.4, 0.5) is 0 Å². The third-order valence-electron chi connectivity index (χ3n) is 9.00. The molecule has 3 aliphatic heterocycles. The molecule has 0 spiro atoms. The number of hydrogen-bond donors (Lipinski definition) is 3. The maximum atomic E-state index is 14.4. The molecule has 0 aliphatic carbocycles. The van der Waals surface area contributed by atoms with Crippen molar-refractivity contribution in [1.82, 2.24) is 24.7 Å². The highest BCUT2D eigenvalue weighted by Crippen LogP contribution is 2.37. The van der Waals surface area contributed by atoms with Crippen LogP contribution < -0.4 is 0 Å². The first kappa shape index (κ1) is 41.1. The van der Waals surface area contributed by atoms with Crippen molar-refractivity contribution in [3.05, 3.63) is 21.7 Å². The lowest BCUT2D eigenvalue weighted by atomic mass is 9.85. The summed E-state index contributed by atoms with van der Waals surface area (Å²) >= 11 is 1.41. The van der Waals surface area contributed by atoms with Crippen molar-refractivity contribution >= 4 is 43.0 Å². The summed E-state index contributed by atoms with van der Waals surface area (Å²) in [6.45, 7) is 14.2. The number of likely N-dealkylation sites (tertiary alicyclic amines) is 1. The van der Waals surface area contributed by atoms with Gasteiger partial charge in [0.1, 0.15) is 16.7 Å². The molecule has 0 unspecified atom stereocenters. The minimum atomic E-state index is -4.50. The van der Waals surface area contributed by atoms with Crippen LogP contribution in [0.1, 0.15) is 95.1 Å². The third kappa shape index (κ3) is 11.7. The topological polar surface area (TPSA) is 173 Å². The normalized spacial score (nSPS) is 23.4. The zero-order valence-corrected chi connectivity index (χ0v) is 32.3. The Labute approximate surface area is 305 Å². The summed E-state index contributed by atoms with van der Waals surface area (Å²) in [5.74, 6) is 5.28. The molecule has 14 nitrogen and oxygen atoms in total. The maximum absolute atomic E-state index is 14.4. The van der Waals surface area contributed by atoms with Gasteiger partial charge in [-0.05, 0) is 75.3 Å². The first-order chi connectivity index (χ1) is 24.0. The van der Waals surface area contributed by atoms with E-state index >= 15 is 0 Å². The lowest BCUT2D eigenvalue weighted by molar-refractivity contribution is -0.275. The molecule has 3 aliphatic rings. The number of phosphoric ester groups is 1. The number of amides is 3. The van der Waals surface area contributed by atoms with E-state index in [1.54, 1.807) is 11.0 Å². The van der Waals surface area contributed by atoms with Crippen molar-refractivity contribution in [2.45, 2.75) is 111 Å². The third-order valence-corrected chi connectivity index (χ3v) is 10.5. The van der Waals surface area contributed by atoms with Gasteiger partial charge in [0.2, 0.25) is 5.91 Å². The molecule has 4 atom stereocenters. The van der Waals surface area contributed by atoms with Crippen LogP contribution in [-0.4, -0.2) is 121 Å². The van der Waals surface area contributed by atoms with E-state index in [1.807, 2.05) is 46.4 Å². The second-order valence-corrected chi connectivity index (χ2v) is 17.6. The van der Waals surface area contributed by atoms with Crippen molar-refractivity contribution in [3.63, 3.8) is 0 Å². The monoisotopic (exact) mass is 751 g/mol. The minimum Gasteiger partial charge on any atom is -0.396 e. The number of nitrogens with zero attached hydrogens (tertiary/aromatic N) is 5. The summed E-state index contributed by atoms with van der Waals surface area (Å²) in [5.41, 5.74) is 0.326. The number of rotatable bonds is 14. The summed E-state index contributed by atoms with van der Waals surface area (Å²) in [7, 11) is -4.50. The molecular formula is C35H54N5O9PS. The molecule has 3 amide bonds. The molecule has 0 radical (unpaired) electrons. The number of aliphatic hydroxyl groups excluding tert-OH is 1. The van der Waals surface area contributed by atoms with Gasteiger partial charge in [0.25, 0.3) is 11.8 Å². The number of aromatic nitrogens is 1. The predicted molar refractivity (Wildman–Crippen MR) is 193 cm³/mol. The number of thiazole rings is 1. The fourth-order valence-electron chi connectivity index (χ4n) is 6.67. The van der Waals surface area contributed by atoms with Crippen LogP contribution in [0.5, 0.6) is 0 Å². The largest absolute Gasteiger partial charge is 0.469 e. The van der Waals surface area contributed by atoms with Crippen molar-refractivity contribution in [3.8, 4) is 11.8 Å². The van der Waals surface area contributed by atoms with Gasteiger partial charge in [0.15, 0.2) is 12.3 Å². The van der Waals surface area contributed by atoms with E-state index in [1.165, 1.54) is 22.5 Å². The van der Waals surface area contributed by atoms with Crippen LogP contribution in [0.15, 0.2) is 6.08 Å². The first-order valence-corrected chi connectivity index (χ1v) is 20.1. The summed E-state index contributed by atoms with van der Waals surface area (Å²) in [6.07, 6.45) is 5.10. The first-order valence-electron chi connectivity index (χ1n) is 17.8.